The number of carbonyl (C=O) groups is 2. The van der Waals surface area contributed by atoms with Crippen molar-refractivity contribution in [2.45, 2.75) is 37.9 Å². The van der Waals surface area contributed by atoms with Crippen LogP contribution in [-0.4, -0.2) is 30.1 Å². The molecular formula is C21H22BrFN3O2+. The second kappa shape index (κ2) is 7.29. The molecule has 0 aliphatic carbocycles. The molecule has 7 heteroatoms. The van der Waals surface area contributed by atoms with Gasteiger partial charge in [0, 0.05) is 22.9 Å². The number of hydrogen-bond donors (Lipinski definition) is 2. The Morgan fingerprint density at radius 3 is 2.71 bits per heavy atom. The average Bonchev–Trinajstić information content (AvgIpc) is 2.90. The van der Waals surface area contributed by atoms with Gasteiger partial charge in [0.15, 0.2) is 0 Å². The van der Waals surface area contributed by atoms with E-state index in [1.807, 2.05) is 18.2 Å². The summed E-state index contributed by atoms with van der Waals surface area (Å²) in [5, 5.41) is 2.45. The molecular weight excluding hydrogens is 425 g/mol. The second-order valence-corrected chi connectivity index (χ2v) is 8.50. The number of piperidine rings is 1. The summed E-state index contributed by atoms with van der Waals surface area (Å²) in [5.74, 6) is -0.736. The molecule has 146 valence electrons. The lowest BCUT2D eigenvalue weighted by molar-refractivity contribution is -0.942. The average molecular weight is 447 g/mol. The number of imide groups is 1. The van der Waals surface area contributed by atoms with Crippen molar-refractivity contribution < 1.29 is 18.9 Å². The monoisotopic (exact) mass is 446 g/mol. The largest absolute Gasteiger partial charge is 0.329 e. The quantitative estimate of drug-likeness (QED) is 0.712. The normalized spacial score (nSPS) is 27.3. The first-order valence-corrected chi connectivity index (χ1v) is 10.2. The molecule has 2 saturated heterocycles. The van der Waals surface area contributed by atoms with Gasteiger partial charge in [0.1, 0.15) is 17.9 Å². The summed E-state index contributed by atoms with van der Waals surface area (Å²) in [6.07, 6.45) is 1.05. The van der Waals surface area contributed by atoms with E-state index in [-0.39, 0.29) is 11.9 Å². The zero-order valence-corrected chi connectivity index (χ0v) is 17.1. The summed E-state index contributed by atoms with van der Waals surface area (Å²) in [7, 11) is 0. The first-order chi connectivity index (χ1) is 13.4. The van der Waals surface area contributed by atoms with Crippen molar-refractivity contribution in [2.24, 2.45) is 0 Å². The third-order valence-electron chi connectivity index (χ3n) is 5.90. The Kier molecular flexibility index (Phi) is 4.97. The lowest BCUT2D eigenvalue weighted by Crippen LogP contribution is -3.16. The van der Waals surface area contributed by atoms with Crippen LogP contribution in [0.4, 0.5) is 14.9 Å². The molecule has 0 bridgehead atoms. The standard InChI is InChI=1S/C21H21BrFN3O2/c1-14-12-21(9-10-25(14)13-15-5-3-2-4-6-15)19(27)24-20(28)26(21)18-11-16(23)7-8-17(18)22/h2-8,11,14H,9-10,12-13H2,1H3,(H,24,27,28)/p+1. The summed E-state index contributed by atoms with van der Waals surface area (Å²) in [4.78, 5) is 28.3. The number of quaternary nitrogens is 1. The van der Waals surface area contributed by atoms with Gasteiger partial charge < -0.3 is 4.90 Å². The third kappa shape index (κ3) is 3.22. The summed E-state index contributed by atoms with van der Waals surface area (Å²) in [6.45, 7) is 3.73. The minimum atomic E-state index is -0.979. The molecule has 0 aromatic heterocycles. The van der Waals surface area contributed by atoms with E-state index < -0.39 is 17.4 Å². The van der Waals surface area contributed by atoms with Crippen molar-refractivity contribution in [3.63, 3.8) is 0 Å². The van der Waals surface area contributed by atoms with E-state index >= 15 is 0 Å². The van der Waals surface area contributed by atoms with Gasteiger partial charge in [0.25, 0.3) is 5.91 Å². The SMILES string of the molecule is CC1CC2(CC[NH+]1Cc1ccccc1)C(=O)NC(=O)N2c1cc(F)ccc1Br. The van der Waals surface area contributed by atoms with Gasteiger partial charge in [-0.2, -0.15) is 0 Å². The number of nitrogens with one attached hydrogen (secondary N) is 2. The van der Waals surface area contributed by atoms with Gasteiger partial charge in [-0.05, 0) is 41.1 Å². The van der Waals surface area contributed by atoms with Gasteiger partial charge in [0.2, 0.25) is 0 Å². The molecule has 2 N–H and O–H groups in total. The molecule has 2 aromatic rings. The molecule has 0 saturated carbocycles. The topological polar surface area (TPSA) is 53.9 Å². The van der Waals surface area contributed by atoms with Gasteiger partial charge in [-0.25, -0.2) is 9.18 Å². The fourth-order valence-corrected chi connectivity index (χ4v) is 4.88. The highest BCUT2D eigenvalue weighted by atomic mass is 79.9. The number of rotatable bonds is 3. The Hall–Kier alpha value is -2.25. The molecule has 2 aliphatic heterocycles. The third-order valence-corrected chi connectivity index (χ3v) is 6.57. The molecule has 2 aliphatic rings. The zero-order valence-electron chi connectivity index (χ0n) is 15.5. The van der Waals surface area contributed by atoms with E-state index in [4.69, 9.17) is 0 Å². The first kappa shape index (κ1) is 19.1. The summed E-state index contributed by atoms with van der Waals surface area (Å²) in [6, 6.07) is 14.1. The Labute approximate surface area is 171 Å². The zero-order chi connectivity index (χ0) is 19.9. The maximum atomic E-state index is 13.9. The van der Waals surface area contributed by atoms with Crippen LogP contribution in [0, 0.1) is 5.82 Å². The van der Waals surface area contributed by atoms with Crippen molar-refractivity contribution >= 4 is 33.6 Å². The smallest absolute Gasteiger partial charge is 0.329 e. The number of carbonyl (C=O) groups excluding carboxylic acids is 2. The number of amides is 3. The van der Waals surface area contributed by atoms with Crippen molar-refractivity contribution in [1.82, 2.24) is 5.32 Å². The van der Waals surface area contributed by atoms with Crippen LogP contribution in [0.2, 0.25) is 0 Å². The van der Waals surface area contributed by atoms with Crippen LogP contribution in [0.1, 0.15) is 25.3 Å². The van der Waals surface area contributed by atoms with Crippen LogP contribution in [0.5, 0.6) is 0 Å². The molecule has 3 atom stereocenters. The number of halogens is 2. The Morgan fingerprint density at radius 2 is 2.00 bits per heavy atom. The first-order valence-electron chi connectivity index (χ1n) is 9.40. The highest BCUT2D eigenvalue weighted by Gasteiger charge is 2.57. The van der Waals surface area contributed by atoms with E-state index in [0.29, 0.717) is 23.0 Å². The number of urea groups is 1. The molecule has 5 nitrogen and oxygen atoms in total. The minimum Gasteiger partial charge on any atom is -0.329 e. The molecule has 2 heterocycles. The number of hydrogen-bond acceptors (Lipinski definition) is 2. The highest BCUT2D eigenvalue weighted by molar-refractivity contribution is 9.10. The van der Waals surface area contributed by atoms with Crippen molar-refractivity contribution in [2.75, 3.05) is 11.4 Å². The van der Waals surface area contributed by atoms with Crippen LogP contribution in [0.25, 0.3) is 0 Å². The van der Waals surface area contributed by atoms with Crippen molar-refractivity contribution in [3.8, 4) is 0 Å². The Bertz CT molecular complexity index is 923. The van der Waals surface area contributed by atoms with Crippen LogP contribution in [0.3, 0.4) is 0 Å². The molecule has 3 amide bonds. The molecule has 1 spiro atoms. The van der Waals surface area contributed by atoms with Crippen LogP contribution in [-0.2, 0) is 11.3 Å². The van der Waals surface area contributed by atoms with Gasteiger partial charge in [0.05, 0.1) is 18.3 Å². The predicted octanol–water partition coefficient (Wildman–Crippen LogP) is 2.65. The Morgan fingerprint density at radius 1 is 1.25 bits per heavy atom. The lowest BCUT2D eigenvalue weighted by atomic mass is 9.81. The summed E-state index contributed by atoms with van der Waals surface area (Å²) < 4.78 is 14.5. The maximum absolute atomic E-state index is 13.9. The summed E-state index contributed by atoms with van der Waals surface area (Å²) >= 11 is 3.40. The number of likely N-dealkylation sites (tertiary alicyclic amines) is 1. The van der Waals surface area contributed by atoms with Gasteiger partial charge >= 0.3 is 6.03 Å². The molecule has 3 unspecified atom stereocenters. The van der Waals surface area contributed by atoms with E-state index in [1.165, 1.54) is 27.5 Å². The van der Waals surface area contributed by atoms with Gasteiger partial charge in [-0.1, -0.05) is 30.3 Å². The fourth-order valence-electron chi connectivity index (χ4n) is 4.46. The van der Waals surface area contributed by atoms with Crippen LogP contribution in [0.15, 0.2) is 53.0 Å². The maximum Gasteiger partial charge on any atom is 0.329 e. The molecule has 0 radical (unpaired) electrons. The van der Waals surface area contributed by atoms with E-state index in [1.54, 1.807) is 6.07 Å². The highest BCUT2D eigenvalue weighted by Crippen LogP contribution is 2.39. The molecule has 28 heavy (non-hydrogen) atoms. The van der Waals surface area contributed by atoms with Crippen molar-refractivity contribution in [1.29, 1.82) is 0 Å². The van der Waals surface area contributed by atoms with Crippen molar-refractivity contribution in [3.05, 3.63) is 64.4 Å². The van der Waals surface area contributed by atoms with Gasteiger partial charge in [-0.3, -0.25) is 15.0 Å². The van der Waals surface area contributed by atoms with Crippen LogP contribution < -0.4 is 15.1 Å². The van der Waals surface area contributed by atoms with Crippen LogP contribution >= 0.6 is 15.9 Å². The van der Waals surface area contributed by atoms with E-state index in [9.17, 15) is 14.0 Å². The number of benzene rings is 2. The Balaban J connectivity index is 1.63. The molecule has 2 fully saturated rings. The fraction of sp³-hybridized carbons (Fsp3) is 0.333. The second-order valence-electron chi connectivity index (χ2n) is 7.65. The molecule has 4 rings (SSSR count). The molecule has 2 aromatic carbocycles. The lowest BCUT2D eigenvalue weighted by Gasteiger charge is -2.43. The predicted molar refractivity (Wildman–Crippen MR) is 108 cm³/mol. The van der Waals surface area contributed by atoms with E-state index in [2.05, 4.69) is 40.3 Å². The minimum absolute atomic E-state index is 0.167. The number of anilines is 1. The van der Waals surface area contributed by atoms with E-state index in [0.717, 1.165) is 13.1 Å². The van der Waals surface area contributed by atoms with Gasteiger partial charge in [-0.15, -0.1) is 0 Å². The summed E-state index contributed by atoms with van der Waals surface area (Å²) in [5.41, 5.74) is 0.659. The number of nitrogens with zero attached hydrogens (tertiary/aromatic N) is 1.